The molecular weight excluding hydrogens is 220 g/mol. The fourth-order valence-corrected chi connectivity index (χ4v) is 1.38. The van der Waals surface area contributed by atoms with E-state index in [-0.39, 0.29) is 12.5 Å². The molecule has 0 radical (unpaired) electrons. The highest BCUT2D eigenvalue weighted by molar-refractivity contribution is 5.80. The number of rotatable bonds is 6. The van der Waals surface area contributed by atoms with E-state index in [0.29, 0.717) is 24.9 Å². The number of nitrogens with one attached hydrogen (secondary N) is 1. The van der Waals surface area contributed by atoms with Gasteiger partial charge in [-0.3, -0.25) is 4.79 Å². The first-order chi connectivity index (χ1) is 8.21. The standard InChI is InChI=1S/C11H18N4O2/c1-4-15(5-2)10(16)8-13-11-12-7-6-9(14-11)17-3/h6-7H,4-5,8H2,1-3H3,(H,12,13,14). The number of likely N-dealkylation sites (N-methyl/N-ethyl adjacent to an activating group) is 1. The van der Waals surface area contributed by atoms with E-state index >= 15 is 0 Å². The number of carbonyl (C=O) groups excluding carboxylic acids is 1. The molecule has 0 saturated heterocycles. The molecule has 0 aromatic carbocycles. The Morgan fingerprint density at radius 2 is 2.18 bits per heavy atom. The first-order valence-corrected chi connectivity index (χ1v) is 5.59. The van der Waals surface area contributed by atoms with Crippen LogP contribution < -0.4 is 10.1 Å². The molecule has 0 aliphatic rings. The van der Waals surface area contributed by atoms with Gasteiger partial charge in [0.1, 0.15) is 0 Å². The van der Waals surface area contributed by atoms with E-state index in [1.165, 1.54) is 7.11 Å². The summed E-state index contributed by atoms with van der Waals surface area (Å²) in [5.41, 5.74) is 0. The summed E-state index contributed by atoms with van der Waals surface area (Å²) in [7, 11) is 1.53. The number of anilines is 1. The van der Waals surface area contributed by atoms with Crippen molar-refractivity contribution in [2.45, 2.75) is 13.8 Å². The molecule has 0 aliphatic carbocycles. The Morgan fingerprint density at radius 1 is 1.47 bits per heavy atom. The first-order valence-electron chi connectivity index (χ1n) is 5.59. The number of methoxy groups -OCH3 is 1. The first kappa shape index (κ1) is 13.2. The SMILES string of the molecule is CCN(CC)C(=O)CNc1nccc(OC)n1. The molecule has 0 spiro atoms. The highest BCUT2D eigenvalue weighted by atomic mass is 16.5. The number of hydrogen-bond donors (Lipinski definition) is 1. The lowest BCUT2D eigenvalue weighted by atomic mass is 10.4. The predicted octanol–water partition coefficient (Wildman–Crippen LogP) is 0.765. The minimum atomic E-state index is 0.0291. The van der Waals surface area contributed by atoms with Crippen molar-refractivity contribution in [1.82, 2.24) is 14.9 Å². The summed E-state index contributed by atoms with van der Waals surface area (Å²) in [6.45, 7) is 5.49. The zero-order chi connectivity index (χ0) is 12.7. The summed E-state index contributed by atoms with van der Waals surface area (Å²) in [5, 5.41) is 2.87. The van der Waals surface area contributed by atoms with Gasteiger partial charge in [0.05, 0.1) is 13.7 Å². The van der Waals surface area contributed by atoms with Crippen molar-refractivity contribution >= 4 is 11.9 Å². The topological polar surface area (TPSA) is 67.4 Å². The molecule has 1 heterocycles. The molecule has 1 amide bonds. The Balaban J connectivity index is 2.52. The van der Waals surface area contributed by atoms with Crippen molar-refractivity contribution < 1.29 is 9.53 Å². The molecule has 94 valence electrons. The second-order valence-corrected chi connectivity index (χ2v) is 3.34. The van der Waals surface area contributed by atoms with E-state index in [9.17, 15) is 4.79 Å². The quantitative estimate of drug-likeness (QED) is 0.792. The summed E-state index contributed by atoms with van der Waals surface area (Å²) in [4.78, 5) is 21.5. The maximum Gasteiger partial charge on any atom is 0.241 e. The Kier molecular flexibility index (Phi) is 5.19. The third-order valence-electron chi connectivity index (χ3n) is 2.35. The van der Waals surface area contributed by atoms with Crippen molar-refractivity contribution in [2.75, 3.05) is 32.1 Å². The smallest absolute Gasteiger partial charge is 0.241 e. The van der Waals surface area contributed by atoms with Crippen LogP contribution in [0.5, 0.6) is 5.88 Å². The van der Waals surface area contributed by atoms with E-state index in [1.54, 1.807) is 17.2 Å². The van der Waals surface area contributed by atoms with Crippen molar-refractivity contribution in [3.8, 4) is 5.88 Å². The number of hydrogen-bond acceptors (Lipinski definition) is 5. The third-order valence-corrected chi connectivity index (χ3v) is 2.35. The molecule has 6 nitrogen and oxygen atoms in total. The second kappa shape index (κ2) is 6.67. The number of aromatic nitrogens is 2. The van der Waals surface area contributed by atoms with Gasteiger partial charge in [-0.05, 0) is 13.8 Å². The maximum absolute atomic E-state index is 11.7. The van der Waals surface area contributed by atoms with Gasteiger partial charge < -0.3 is 15.0 Å². The molecule has 0 saturated carbocycles. The molecule has 1 aromatic rings. The monoisotopic (exact) mass is 238 g/mol. The number of ether oxygens (including phenoxy) is 1. The van der Waals surface area contributed by atoms with Crippen molar-refractivity contribution in [3.63, 3.8) is 0 Å². The lowest BCUT2D eigenvalue weighted by Crippen LogP contribution is -2.35. The molecule has 0 bridgehead atoms. The van der Waals surface area contributed by atoms with Crippen molar-refractivity contribution in [1.29, 1.82) is 0 Å². The zero-order valence-corrected chi connectivity index (χ0v) is 10.4. The molecule has 17 heavy (non-hydrogen) atoms. The number of nitrogens with zero attached hydrogens (tertiary/aromatic N) is 3. The maximum atomic E-state index is 11.7. The van der Waals surface area contributed by atoms with E-state index in [1.807, 2.05) is 13.8 Å². The van der Waals surface area contributed by atoms with Gasteiger partial charge >= 0.3 is 0 Å². The van der Waals surface area contributed by atoms with Crippen molar-refractivity contribution in [2.24, 2.45) is 0 Å². The number of carbonyl (C=O) groups is 1. The molecule has 0 aliphatic heterocycles. The Bertz CT molecular complexity index is 366. The minimum absolute atomic E-state index is 0.0291. The van der Waals surface area contributed by atoms with Crippen LogP contribution in [0.1, 0.15) is 13.8 Å². The van der Waals surface area contributed by atoms with Crippen LogP contribution in [0.2, 0.25) is 0 Å². The molecule has 0 fully saturated rings. The summed E-state index contributed by atoms with van der Waals surface area (Å²) in [6.07, 6.45) is 1.58. The largest absolute Gasteiger partial charge is 0.481 e. The van der Waals surface area contributed by atoms with Gasteiger partial charge in [-0.2, -0.15) is 4.98 Å². The molecular formula is C11H18N4O2. The van der Waals surface area contributed by atoms with Crippen LogP contribution in [0, 0.1) is 0 Å². The fourth-order valence-electron chi connectivity index (χ4n) is 1.38. The summed E-state index contributed by atoms with van der Waals surface area (Å²) < 4.78 is 4.96. The minimum Gasteiger partial charge on any atom is -0.481 e. The van der Waals surface area contributed by atoms with E-state index < -0.39 is 0 Å². The van der Waals surface area contributed by atoms with Gasteiger partial charge in [-0.1, -0.05) is 0 Å². The van der Waals surface area contributed by atoms with E-state index in [2.05, 4.69) is 15.3 Å². The second-order valence-electron chi connectivity index (χ2n) is 3.34. The molecule has 1 N–H and O–H groups in total. The van der Waals surface area contributed by atoms with Gasteiger partial charge in [0.25, 0.3) is 0 Å². The van der Waals surface area contributed by atoms with Crippen molar-refractivity contribution in [3.05, 3.63) is 12.3 Å². The lowest BCUT2D eigenvalue weighted by molar-refractivity contribution is -0.128. The predicted molar refractivity (Wildman–Crippen MR) is 65.0 cm³/mol. The van der Waals surface area contributed by atoms with Crippen LogP contribution in [-0.4, -0.2) is 47.5 Å². The van der Waals surface area contributed by atoms with Gasteiger partial charge in [0, 0.05) is 25.4 Å². The van der Waals surface area contributed by atoms with Gasteiger partial charge in [-0.25, -0.2) is 4.98 Å². The van der Waals surface area contributed by atoms with Crippen LogP contribution in [0.4, 0.5) is 5.95 Å². The average molecular weight is 238 g/mol. The molecule has 1 aromatic heterocycles. The van der Waals surface area contributed by atoms with Gasteiger partial charge in [-0.15, -0.1) is 0 Å². The summed E-state index contributed by atoms with van der Waals surface area (Å²) >= 11 is 0. The normalized spacial score (nSPS) is 9.82. The lowest BCUT2D eigenvalue weighted by Gasteiger charge is -2.18. The third kappa shape index (κ3) is 3.90. The van der Waals surface area contributed by atoms with Crippen LogP contribution in [0.3, 0.4) is 0 Å². The average Bonchev–Trinajstić information content (AvgIpc) is 2.38. The fraction of sp³-hybridized carbons (Fsp3) is 0.545. The van der Waals surface area contributed by atoms with E-state index in [0.717, 1.165) is 0 Å². The van der Waals surface area contributed by atoms with Crippen LogP contribution in [-0.2, 0) is 4.79 Å². The Hall–Kier alpha value is -1.85. The highest BCUT2D eigenvalue weighted by Gasteiger charge is 2.09. The number of amides is 1. The van der Waals surface area contributed by atoms with E-state index in [4.69, 9.17) is 4.74 Å². The molecule has 0 atom stereocenters. The van der Waals surface area contributed by atoms with Crippen LogP contribution >= 0.6 is 0 Å². The Labute approximate surface area is 101 Å². The van der Waals surface area contributed by atoms with Gasteiger partial charge in [0.2, 0.25) is 17.7 Å². The zero-order valence-electron chi connectivity index (χ0n) is 10.4. The van der Waals surface area contributed by atoms with Gasteiger partial charge in [0.15, 0.2) is 0 Å². The summed E-state index contributed by atoms with van der Waals surface area (Å²) in [6, 6.07) is 1.65. The molecule has 0 unspecified atom stereocenters. The summed E-state index contributed by atoms with van der Waals surface area (Å²) in [5.74, 6) is 0.893. The molecule has 1 rings (SSSR count). The van der Waals surface area contributed by atoms with Crippen LogP contribution in [0.15, 0.2) is 12.3 Å². The molecule has 6 heteroatoms. The highest BCUT2D eigenvalue weighted by Crippen LogP contribution is 2.06. The Morgan fingerprint density at radius 3 is 2.76 bits per heavy atom. The van der Waals surface area contributed by atoms with Crippen LogP contribution in [0.25, 0.3) is 0 Å².